The maximum absolute atomic E-state index is 9.49. The van der Waals surface area contributed by atoms with Gasteiger partial charge >= 0.3 is 0 Å². The standard InChI is InChI=1S/C16H25N3O/c1-18-7-2-3-13-11-19(8-6-15(13)18)10-12-4-5-16(20)14(17)9-12/h4-5,9,13,15,20H,2-3,6-8,10-11,17H2,1H3. The minimum Gasteiger partial charge on any atom is -0.506 e. The number of fused-ring (bicyclic) bond motifs is 1. The predicted octanol–water partition coefficient (Wildman–Crippen LogP) is 1.89. The molecule has 2 saturated heterocycles. The molecule has 0 radical (unpaired) electrons. The van der Waals surface area contributed by atoms with Crippen LogP contribution in [0.1, 0.15) is 24.8 Å². The molecule has 0 bridgehead atoms. The first-order valence-corrected chi connectivity index (χ1v) is 7.63. The van der Waals surface area contributed by atoms with Crippen molar-refractivity contribution in [2.45, 2.75) is 31.8 Å². The lowest BCUT2D eigenvalue weighted by atomic mass is 9.84. The Kier molecular flexibility index (Phi) is 3.85. The fraction of sp³-hybridized carbons (Fsp3) is 0.625. The third-order valence-corrected chi connectivity index (χ3v) is 4.93. The van der Waals surface area contributed by atoms with Gasteiger partial charge in [-0.15, -0.1) is 0 Å². The van der Waals surface area contributed by atoms with Crippen LogP contribution in [0, 0.1) is 5.92 Å². The van der Waals surface area contributed by atoms with Gasteiger partial charge in [0.25, 0.3) is 0 Å². The van der Waals surface area contributed by atoms with Crippen molar-refractivity contribution in [1.29, 1.82) is 0 Å². The van der Waals surface area contributed by atoms with Crippen LogP contribution < -0.4 is 5.73 Å². The van der Waals surface area contributed by atoms with Crippen molar-refractivity contribution in [1.82, 2.24) is 9.80 Å². The van der Waals surface area contributed by atoms with E-state index in [9.17, 15) is 5.11 Å². The van der Waals surface area contributed by atoms with Gasteiger partial charge in [-0.3, -0.25) is 4.90 Å². The van der Waals surface area contributed by atoms with E-state index in [1.54, 1.807) is 6.07 Å². The molecule has 1 aromatic carbocycles. The lowest BCUT2D eigenvalue weighted by molar-refractivity contribution is 0.0355. The molecular weight excluding hydrogens is 250 g/mol. The summed E-state index contributed by atoms with van der Waals surface area (Å²) in [5.74, 6) is 0.998. The van der Waals surface area contributed by atoms with Crippen molar-refractivity contribution in [3.63, 3.8) is 0 Å². The Labute approximate surface area is 121 Å². The summed E-state index contributed by atoms with van der Waals surface area (Å²) in [6, 6.07) is 6.36. The molecule has 0 aliphatic carbocycles. The third kappa shape index (κ3) is 2.76. The maximum Gasteiger partial charge on any atom is 0.138 e. The maximum atomic E-state index is 9.49. The van der Waals surface area contributed by atoms with Gasteiger partial charge in [-0.1, -0.05) is 6.07 Å². The average molecular weight is 275 g/mol. The Morgan fingerprint density at radius 1 is 1.30 bits per heavy atom. The molecule has 2 aliphatic rings. The number of benzene rings is 1. The summed E-state index contributed by atoms with van der Waals surface area (Å²) < 4.78 is 0. The molecule has 4 heteroatoms. The number of likely N-dealkylation sites (tertiary alicyclic amines) is 2. The largest absolute Gasteiger partial charge is 0.506 e. The van der Waals surface area contributed by atoms with Gasteiger partial charge in [-0.2, -0.15) is 0 Å². The highest BCUT2D eigenvalue weighted by molar-refractivity contribution is 5.53. The Bertz CT molecular complexity index is 477. The summed E-state index contributed by atoms with van der Waals surface area (Å²) in [4.78, 5) is 5.08. The monoisotopic (exact) mass is 275 g/mol. The van der Waals surface area contributed by atoms with Crippen molar-refractivity contribution in [3.05, 3.63) is 23.8 Å². The molecule has 0 saturated carbocycles. The van der Waals surface area contributed by atoms with Crippen LogP contribution >= 0.6 is 0 Å². The Hall–Kier alpha value is -1.26. The quantitative estimate of drug-likeness (QED) is 0.639. The molecule has 1 aromatic rings. The van der Waals surface area contributed by atoms with Gasteiger partial charge < -0.3 is 15.7 Å². The molecule has 3 rings (SSSR count). The van der Waals surface area contributed by atoms with E-state index in [2.05, 4.69) is 16.8 Å². The summed E-state index contributed by atoms with van der Waals surface area (Å²) in [5.41, 5.74) is 7.45. The van der Waals surface area contributed by atoms with Crippen molar-refractivity contribution in [2.24, 2.45) is 5.92 Å². The number of piperidine rings is 2. The first kappa shape index (κ1) is 13.7. The van der Waals surface area contributed by atoms with Crippen LogP contribution in [-0.2, 0) is 6.54 Å². The summed E-state index contributed by atoms with van der Waals surface area (Å²) in [7, 11) is 2.27. The molecular formula is C16H25N3O. The molecule has 0 spiro atoms. The average Bonchev–Trinajstić information content (AvgIpc) is 2.43. The molecule has 0 amide bonds. The molecule has 2 atom stereocenters. The number of phenolic OH excluding ortho intramolecular Hbond substituents is 1. The minimum atomic E-state index is 0.182. The van der Waals surface area contributed by atoms with Gasteiger partial charge in [0.05, 0.1) is 5.69 Å². The minimum absolute atomic E-state index is 0.182. The van der Waals surface area contributed by atoms with Gasteiger partial charge in [0.1, 0.15) is 5.75 Å². The van der Waals surface area contributed by atoms with E-state index in [1.807, 2.05) is 12.1 Å². The lowest BCUT2D eigenvalue weighted by Crippen LogP contribution is -2.52. The molecule has 0 aromatic heterocycles. The van der Waals surface area contributed by atoms with Crippen molar-refractivity contribution < 1.29 is 5.11 Å². The number of rotatable bonds is 2. The van der Waals surface area contributed by atoms with Gasteiger partial charge in [-0.25, -0.2) is 0 Å². The van der Waals surface area contributed by atoms with E-state index in [4.69, 9.17) is 5.73 Å². The topological polar surface area (TPSA) is 52.7 Å². The number of hydrogen-bond acceptors (Lipinski definition) is 4. The second-order valence-electron chi connectivity index (χ2n) is 6.37. The van der Waals surface area contributed by atoms with Gasteiger partial charge in [0, 0.05) is 19.1 Å². The second kappa shape index (κ2) is 5.62. The number of phenols is 1. The Morgan fingerprint density at radius 2 is 2.15 bits per heavy atom. The van der Waals surface area contributed by atoms with Gasteiger partial charge in [0.2, 0.25) is 0 Å². The van der Waals surface area contributed by atoms with E-state index in [-0.39, 0.29) is 5.75 Å². The van der Waals surface area contributed by atoms with Crippen molar-refractivity contribution in [3.8, 4) is 5.75 Å². The fourth-order valence-corrected chi connectivity index (χ4v) is 3.83. The second-order valence-corrected chi connectivity index (χ2v) is 6.37. The van der Waals surface area contributed by atoms with Crippen LogP contribution in [0.4, 0.5) is 5.69 Å². The molecule has 2 unspecified atom stereocenters. The summed E-state index contributed by atoms with van der Waals surface area (Å²) in [5, 5.41) is 9.49. The number of nitrogen functional groups attached to an aromatic ring is 1. The van der Waals surface area contributed by atoms with Gasteiger partial charge in [0.15, 0.2) is 0 Å². The molecule has 3 N–H and O–H groups in total. The number of hydrogen-bond donors (Lipinski definition) is 2. The van der Waals surface area contributed by atoms with Crippen LogP contribution in [0.2, 0.25) is 0 Å². The van der Waals surface area contributed by atoms with E-state index in [1.165, 1.54) is 37.9 Å². The Morgan fingerprint density at radius 3 is 2.95 bits per heavy atom. The lowest BCUT2D eigenvalue weighted by Gasteiger charge is -2.46. The number of nitrogens with zero attached hydrogens (tertiary/aromatic N) is 2. The first-order chi connectivity index (χ1) is 9.63. The summed E-state index contributed by atoms with van der Waals surface area (Å²) in [6.07, 6.45) is 3.97. The molecule has 20 heavy (non-hydrogen) atoms. The summed E-state index contributed by atoms with van der Waals surface area (Å²) in [6.45, 7) is 4.55. The normalized spacial score (nSPS) is 28.2. The predicted molar refractivity (Wildman–Crippen MR) is 81.6 cm³/mol. The number of anilines is 1. The Balaban J connectivity index is 1.63. The molecule has 2 aliphatic heterocycles. The molecule has 2 fully saturated rings. The zero-order valence-electron chi connectivity index (χ0n) is 12.3. The van der Waals surface area contributed by atoms with Gasteiger partial charge in [-0.05, 0) is 63.0 Å². The van der Waals surface area contributed by atoms with Crippen LogP contribution in [0.15, 0.2) is 18.2 Å². The third-order valence-electron chi connectivity index (χ3n) is 4.93. The van der Waals surface area contributed by atoms with E-state index in [0.29, 0.717) is 5.69 Å². The van der Waals surface area contributed by atoms with Crippen LogP contribution in [0.25, 0.3) is 0 Å². The fourth-order valence-electron chi connectivity index (χ4n) is 3.83. The van der Waals surface area contributed by atoms with E-state index >= 15 is 0 Å². The zero-order chi connectivity index (χ0) is 14.1. The first-order valence-electron chi connectivity index (χ1n) is 7.63. The highest BCUT2D eigenvalue weighted by atomic mass is 16.3. The van der Waals surface area contributed by atoms with Crippen LogP contribution in [0.5, 0.6) is 5.75 Å². The van der Waals surface area contributed by atoms with E-state index < -0.39 is 0 Å². The van der Waals surface area contributed by atoms with E-state index in [0.717, 1.165) is 25.0 Å². The SMILES string of the molecule is CN1CCCC2CN(Cc3ccc(O)c(N)c3)CCC21. The number of nitrogens with two attached hydrogens (primary N) is 1. The van der Waals surface area contributed by atoms with Crippen LogP contribution in [-0.4, -0.2) is 47.6 Å². The zero-order valence-corrected chi connectivity index (χ0v) is 12.3. The molecule has 4 nitrogen and oxygen atoms in total. The summed E-state index contributed by atoms with van der Waals surface area (Å²) >= 11 is 0. The van der Waals surface area contributed by atoms with Crippen molar-refractivity contribution in [2.75, 3.05) is 32.4 Å². The number of aromatic hydroxyl groups is 1. The molecule has 110 valence electrons. The van der Waals surface area contributed by atoms with Crippen molar-refractivity contribution >= 4 is 5.69 Å². The van der Waals surface area contributed by atoms with Crippen LogP contribution in [0.3, 0.4) is 0 Å². The molecule has 2 heterocycles. The smallest absolute Gasteiger partial charge is 0.138 e. The highest BCUT2D eigenvalue weighted by Crippen LogP contribution is 2.30. The highest BCUT2D eigenvalue weighted by Gasteiger charge is 2.33.